The van der Waals surface area contributed by atoms with E-state index in [2.05, 4.69) is 32.2 Å². The van der Waals surface area contributed by atoms with Crippen molar-refractivity contribution in [3.05, 3.63) is 16.3 Å². The van der Waals surface area contributed by atoms with E-state index in [9.17, 15) is 0 Å². The highest BCUT2D eigenvalue weighted by atomic mass is 32.1. The van der Waals surface area contributed by atoms with E-state index >= 15 is 0 Å². The summed E-state index contributed by atoms with van der Waals surface area (Å²) in [5.41, 5.74) is 0.258. The van der Waals surface area contributed by atoms with Crippen molar-refractivity contribution in [3.8, 4) is 5.75 Å². The molecule has 1 nitrogen and oxygen atoms in total. The molecule has 1 aromatic heterocycles. The molecule has 1 aromatic rings. The zero-order chi connectivity index (χ0) is 9.90. The first-order valence-electron chi connectivity index (χ1n) is 4.73. The lowest BCUT2D eigenvalue weighted by Crippen LogP contribution is -2.15. The molecule has 0 saturated carbocycles. The summed E-state index contributed by atoms with van der Waals surface area (Å²) in [4.78, 5) is 1.37. The quantitative estimate of drug-likeness (QED) is 0.714. The van der Waals surface area contributed by atoms with Crippen LogP contribution in [0.25, 0.3) is 0 Å². The second-order valence-electron chi connectivity index (χ2n) is 3.95. The molecule has 13 heavy (non-hydrogen) atoms. The minimum atomic E-state index is 0.258. The highest BCUT2D eigenvalue weighted by Crippen LogP contribution is 2.38. The van der Waals surface area contributed by atoms with E-state index in [1.165, 1.54) is 17.7 Å². The van der Waals surface area contributed by atoms with E-state index in [1.807, 2.05) is 0 Å². The molecule has 74 valence electrons. The smallest absolute Gasteiger partial charge is 0.133 e. The van der Waals surface area contributed by atoms with E-state index in [4.69, 9.17) is 4.74 Å². The standard InChI is InChI=1S/C11H18OS/c1-5-7-11(2,3)10-9(12-4)6-8-13-10/h6,8H,5,7H2,1-4H3. The van der Waals surface area contributed by atoms with Crippen LogP contribution in [0.4, 0.5) is 0 Å². The Morgan fingerprint density at radius 1 is 1.46 bits per heavy atom. The summed E-state index contributed by atoms with van der Waals surface area (Å²) in [6, 6.07) is 2.05. The van der Waals surface area contributed by atoms with Gasteiger partial charge in [0.2, 0.25) is 0 Å². The van der Waals surface area contributed by atoms with Crippen LogP contribution in [0.1, 0.15) is 38.5 Å². The molecule has 0 amide bonds. The summed E-state index contributed by atoms with van der Waals surface area (Å²) in [5.74, 6) is 1.04. The van der Waals surface area contributed by atoms with Crippen molar-refractivity contribution in [1.29, 1.82) is 0 Å². The van der Waals surface area contributed by atoms with Crippen LogP contribution in [0.5, 0.6) is 5.75 Å². The summed E-state index contributed by atoms with van der Waals surface area (Å²) < 4.78 is 5.33. The van der Waals surface area contributed by atoms with Crippen LogP contribution in [0.15, 0.2) is 11.4 Å². The molecule has 0 saturated heterocycles. The maximum absolute atomic E-state index is 5.33. The number of ether oxygens (including phenoxy) is 1. The fourth-order valence-electron chi connectivity index (χ4n) is 1.69. The van der Waals surface area contributed by atoms with Crippen LogP contribution < -0.4 is 4.74 Å². The van der Waals surface area contributed by atoms with Crippen LogP contribution in [0.2, 0.25) is 0 Å². The van der Waals surface area contributed by atoms with Crippen LogP contribution in [-0.4, -0.2) is 7.11 Å². The lowest BCUT2D eigenvalue weighted by atomic mass is 9.86. The average molecular weight is 198 g/mol. The van der Waals surface area contributed by atoms with Crippen molar-refractivity contribution in [3.63, 3.8) is 0 Å². The van der Waals surface area contributed by atoms with Crippen molar-refractivity contribution in [2.75, 3.05) is 7.11 Å². The number of hydrogen-bond donors (Lipinski definition) is 0. The largest absolute Gasteiger partial charge is 0.496 e. The maximum Gasteiger partial charge on any atom is 0.133 e. The monoisotopic (exact) mass is 198 g/mol. The van der Waals surface area contributed by atoms with Gasteiger partial charge in [0.1, 0.15) is 5.75 Å². The Morgan fingerprint density at radius 3 is 2.69 bits per heavy atom. The van der Waals surface area contributed by atoms with Crippen LogP contribution in [0, 0.1) is 0 Å². The van der Waals surface area contributed by atoms with E-state index in [0.717, 1.165) is 5.75 Å². The number of rotatable bonds is 4. The molecule has 0 fully saturated rings. The van der Waals surface area contributed by atoms with E-state index in [1.54, 1.807) is 18.4 Å². The minimum absolute atomic E-state index is 0.258. The Morgan fingerprint density at radius 2 is 2.15 bits per heavy atom. The third kappa shape index (κ3) is 2.25. The molecule has 2 heteroatoms. The Hall–Kier alpha value is -0.500. The Bertz CT molecular complexity index is 263. The number of methoxy groups -OCH3 is 1. The Labute approximate surface area is 84.7 Å². The molecule has 0 aliphatic rings. The van der Waals surface area contributed by atoms with Crippen LogP contribution in [-0.2, 0) is 5.41 Å². The first kappa shape index (κ1) is 10.6. The van der Waals surface area contributed by atoms with Gasteiger partial charge < -0.3 is 4.74 Å². The fourth-order valence-corrected chi connectivity index (χ4v) is 2.71. The molecule has 0 N–H and O–H groups in total. The van der Waals surface area contributed by atoms with Gasteiger partial charge in [-0.1, -0.05) is 27.2 Å². The third-order valence-corrected chi connectivity index (χ3v) is 3.60. The van der Waals surface area contributed by atoms with Gasteiger partial charge in [-0.25, -0.2) is 0 Å². The summed E-state index contributed by atoms with van der Waals surface area (Å²) >= 11 is 1.80. The molecule has 0 spiro atoms. The van der Waals surface area contributed by atoms with Gasteiger partial charge in [0.25, 0.3) is 0 Å². The predicted octanol–water partition coefficient (Wildman–Crippen LogP) is 3.83. The number of thiophene rings is 1. The van der Waals surface area contributed by atoms with Crippen LogP contribution in [0.3, 0.4) is 0 Å². The van der Waals surface area contributed by atoms with Gasteiger partial charge in [0, 0.05) is 5.41 Å². The Balaban J connectivity index is 2.91. The summed E-state index contributed by atoms with van der Waals surface area (Å²) in [7, 11) is 1.74. The van der Waals surface area contributed by atoms with Crippen molar-refractivity contribution >= 4 is 11.3 Å². The van der Waals surface area contributed by atoms with Gasteiger partial charge in [-0.15, -0.1) is 11.3 Å². The summed E-state index contributed by atoms with van der Waals surface area (Å²) in [6.07, 6.45) is 2.43. The molecule has 1 rings (SSSR count). The first-order valence-corrected chi connectivity index (χ1v) is 5.61. The van der Waals surface area contributed by atoms with Gasteiger partial charge in [0.05, 0.1) is 12.0 Å². The fraction of sp³-hybridized carbons (Fsp3) is 0.636. The molecular weight excluding hydrogens is 180 g/mol. The van der Waals surface area contributed by atoms with Gasteiger partial charge in [0.15, 0.2) is 0 Å². The lowest BCUT2D eigenvalue weighted by molar-refractivity contribution is 0.390. The molecule has 0 bridgehead atoms. The van der Waals surface area contributed by atoms with Gasteiger partial charge in [-0.2, -0.15) is 0 Å². The van der Waals surface area contributed by atoms with Gasteiger partial charge >= 0.3 is 0 Å². The van der Waals surface area contributed by atoms with Crippen molar-refractivity contribution in [2.45, 2.75) is 39.0 Å². The molecule has 0 radical (unpaired) electrons. The molecule has 0 aromatic carbocycles. The summed E-state index contributed by atoms with van der Waals surface area (Å²) in [5, 5.41) is 2.10. The highest BCUT2D eigenvalue weighted by Gasteiger charge is 2.24. The average Bonchev–Trinajstić information content (AvgIpc) is 2.51. The lowest BCUT2D eigenvalue weighted by Gasteiger charge is -2.23. The predicted molar refractivity (Wildman–Crippen MR) is 58.8 cm³/mol. The molecule has 0 unspecified atom stereocenters. The van der Waals surface area contributed by atoms with E-state index in [-0.39, 0.29) is 5.41 Å². The molecular formula is C11H18OS. The summed E-state index contributed by atoms with van der Waals surface area (Å²) in [6.45, 7) is 6.79. The third-order valence-electron chi connectivity index (χ3n) is 2.34. The second-order valence-corrected chi connectivity index (χ2v) is 4.87. The topological polar surface area (TPSA) is 9.23 Å². The maximum atomic E-state index is 5.33. The SMILES string of the molecule is CCCC(C)(C)c1sccc1OC. The van der Waals surface area contributed by atoms with Crippen molar-refractivity contribution in [2.24, 2.45) is 0 Å². The molecule has 1 heterocycles. The van der Waals surface area contributed by atoms with Gasteiger partial charge in [-0.05, 0) is 17.9 Å². The van der Waals surface area contributed by atoms with Gasteiger partial charge in [-0.3, -0.25) is 0 Å². The zero-order valence-corrected chi connectivity index (χ0v) is 9.70. The molecule has 0 aliphatic carbocycles. The Kier molecular flexibility index (Phi) is 3.37. The molecule has 0 aliphatic heterocycles. The highest BCUT2D eigenvalue weighted by molar-refractivity contribution is 7.10. The number of hydrogen-bond acceptors (Lipinski definition) is 2. The second kappa shape index (κ2) is 4.14. The van der Waals surface area contributed by atoms with E-state index in [0.29, 0.717) is 0 Å². The van der Waals surface area contributed by atoms with Crippen molar-refractivity contribution in [1.82, 2.24) is 0 Å². The normalized spacial score (nSPS) is 11.7. The first-order chi connectivity index (χ1) is 6.11. The van der Waals surface area contributed by atoms with Crippen LogP contribution >= 0.6 is 11.3 Å². The van der Waals surface area contributed by atoms with E-state index < -0.39 is 0 Å². The van der Waals surface area contributed by atoms with Crippen molar-refractivity contribution < 1.29 is 4.74 Å². The minimum Gasteiger partial charge on any atom is -0.496 e. The molecule has 0 atom stereocenters. The zero-order valence-electron chi connectivity index (χ0n) is 8.89.